The van der Waals surface area contributed by atoms with Crippen LogP contribution in [-0.4, -0.2) is 5.91 Å². The van der Waals surface area contributed by atoms with Crippen molar-refractivity contribution >= 4 is 11.6 Å². The van der Waals surface area contributed by atoms with Crippen LogP contribution >= 0.6 is 0 Å². The Kier molecular flexibility index (Phi) is 3.67. The van der Waals surface area contributed by atoms with Crippen molar-refractivity contribution in [2.24, 2.45) is 0 Å². The van der Waals surface area contributed by atoms with Crippen molar-refractivity contribution in [2.75, 3.05) is 0 Å². The van der Waals surface area contributed by atoms with E-state index in [2.05, 4.69) is 37.0 Å². The lowest BCUT2D eigenvalue weighted by molar-refractivity contribution is -0.117. The van der Waals surface area contributed by atoms with Crippen LogP contribution in [0.4, 0.5) is 0 Å². The van der Waals surface area contributed by atoms with Crippen LogP contribution in [0.15, 0.2) is 24.8 Å². The molecule has 0 spiro atoms. The lowest BCUT2D eigenvalue weighted by atomic mass is 10.0. The monoisotopic (exact) mass is 203 g/mol. The number of aryl methyl sites for hydroxylation is 2. The molecule has 0 unspecified atom stereocenters. The predicted octanol–water partition coefficient (Wildman–Crippen LogP) is 2.66. The fourth-order valence-corrected chi connectivity index (χ4v) is 1.49. The molecule has 1 rings (SSSR count). The van der Waals surface area contributed by atoms with E-state index in [1.807, 2.05) is 6.92 Å². The molecule has 0 aromatic heterocycles. The maximum Gasteiger partial charge on any atom is 0.221 e. The number of carbonyl (C=O) groups is 1. The van der Waals surface area contributed by atoms with E-state index in [1.54, 1.807) is 0 Å². The van der Waals surface area contributed by atoms with Crippen LogP contribution in [0.25, 0.3) is 5.70 Å². The molecule has 15 heavy (non-hydrogen) atoms. The van der Waals surface area contributed by atoms with Gasteiger partial charge in [0.25, 0.3) is 0 Å². The molecule has 0 fully saturated rings. The van der Waals surface area contributed by atoms with Crippen molar-refractivity contribution in [1.82, 2.24) is 5.32 Å². The molecule has 0 heterocycles. The summed E-state index contributed by atoms with van der Waals surface area (Å²) in [7, 11) is 0. The molecule has 80 valence electrons. The van der Waals surface area contributed by atoms with Gasteiger partial charge in [0.05, 0.1) is 0 Å². The second-order valence-corrected chi connectivity index (χ2v) is 3.66. The molecular weight excluding hydrogens is 186 g/mol. The minimum atomic E-state index is -0.0821. The van der Waals surface area contributed by atoms with E-state index in [0.29, 0.717) is 5.70 Å². The summed E-state index contributed by atoms with van der Waals surface area (Å²) in [5, 5.41) is 2.72. The number of hydrogen-bond acceptors (Lipinski definition) is 1. The minimum absolute atomic E-state index is 0.0821. The normalized spacial score (nSPS) is 9.80. The molecule has 0 aliphatic rings. The molecule has 1 N–H and O–H groups in total. The van der Waals surface area contributed by atoms with Crippen LogP contribution in [0.3, 0.4) is 0 Å². The largest absolute Gasteiger partial charge is 0.326 e. The number of rotatable bonds is 3. The Bertz CT molecular complexity index is 394. The van der Waals surface area contributed by atoms with E-state index < -0.39 is 0 Å². The quantitative estimate of drug-likeness (QED) is 0.804. The Morgan fingerprint density at radius 2 is 2.13 bits per heavy atom. The van der Waals surface area contributed by atoms with Crippen molar-refractivity contribution in [3.05, 3.63) is 41.5 Å². The molecule has 0 atom stereocenters. The van der Waals surface area contributed by atoms with Gasteiger partial charge in [0.2, 0.25) is 5.91 Å². The zero-order valence-corrected chi connectivity index (χ0v) is 9.55. The van der Waals surface area contributed by atoms with Gasteiger partial charge in [0.1, 0.15) is 0 Å². The van der Waals surface area contributed by atoms with E-state index in [0.717, 1.165) is 17.5 Å². The van der Waals surface area contributed by atoms with Gasteiger partial charge in [-0.1, -0.05) is 25.6 Å². The zero-order valence-electron chi connectivity index (χ0n) is 9.55. The van der Waals surface area contributed by atoms with Gasteiger partial charge in [-0.2, -0.15) is 0 Å². The first kappa shape index (κ1) is 11.5. The molecular formula is C13H17NO. The summed E-state index contributed by atoms with van der Waals surface area (Å²) in [6.07, 6.45) is 0.987. The number of amides is 1. The molecule has 1 aromatic carbocycles. The number of hydrogen-bond donors (Lipinski definition) is 1. The molecule has 0 aliphatic carbocycles. The second kappa shape index (κ2) is 4.78. The van der Waals surface area contributed by atoms with Gasteiger partial charge < -0.3 is 5.32 Å². The van der Waals surface area contributed by atoms with Crippen LogP contribution in [-0.2, 0) is 11.2 Å². The molecule has 2 nitrogen and oxygen atoms in total. The summed E-state index contributed by atoms with van der Waals surface area (Å²) < 4.78 is 0. The van der Waals surface area contributed by atoms with Crippen molar-refractivity contribution in [1.29, 1.82) is 0 Å². The predicted molar refractivity (Wildman–Crippen MR) is 63.4 cm³/mol. The van der Waals surface area contributed by atoms with E-state index in [9.17, 15) is 4.79 Å². The molecule has 0 saturated carbocycles. The first-order chi connectivity index (χ1) is 7.04. The van der Waals surface area contributed by atoms with E-state index in [4.69, 9.17) is 0 Å². The van der Waals surface area contributed by atoms with Gasteiger partial charge in [-0.25, -0.2) is 0 Å². The molecule has 1 amide bonds. The van der Waals surface area contributed by atoms with Gasteiger partial charge >= 0.3 is 0 Å². The summed E-state index contributed by atoms with van der Waals surface area (Å²) in [4.78, 5) is 10.9. The summed E-state index contributed by atoms with van der Waals surface area (Å²) in [6, 6.07) is 6.23. The van der Waals surface area contributed by atoms with Crippen molar-refractivity contribution in [2.45, 2.75) is 27.2 Å². The van der Waals surface area contributed by atoms with Crippen LogP contribution in [0.5, 0.6) is 0 Å². The number of benzene rings is 1. The fourth-order valence-electron chi connectivity index (χ4n) is 1.49. The highest BCUT2D eigenvalue weighted by Crippen LogP contribution is 2.17. The molecule has 0 bridgehead atoms. The number of carbonyl (C=O) groups excluding carboxylic acids is 1. The SMILES string of the molecule is C=C(NC(C)=O)c1cc(CC)ccc1C. The Morgan fingerprint density at radius 3 is 2.67 bits per heavy atom. The first-order valence-corrected chi connectivity index (χ1v) is 5.11. The van der Waals surface area contributed by atoms with Gasteiger partial charge in [0, 0.05) is 18.2 Å². The van der Waals surface area contributed by atoms with Gasteiger partial charge in [-0.05, 0) is 30.5 Å². The summed E-state index contributed by atoms with van der Waals surface area (Å²) >= 11 is 0. The molecule has 0 aliphatic heterocycles. The van der Waals surface area contributed by atoms with Gasteiger partial charge in [-0.15, -0.1) is 0 Å². The van der Waals surface area contributed by atoms with Gasteiger partial charge in [-0.3, -0.25) is 4.79 Å². The van der Waals surface area contributed by atoms with Crippen molar-refractivity contribution < 1.29 is 4.79 Å². The van der Waals surface area contributed by atoms with Crippen molar-refractivity contribution in [3.8, 4) is 0 Å². The lowest BCUT2D eigenvalue weighted by Crippen LogP contribution is -2.17. The smallest absolute Gasteiger partial charge is 0.221 e. The highest BCUT2D eigenvalue weighted by molar-refractivity contribution is 5.84. The van der Waals surface area contributed by atoms with Crippen LogP contribution in [0.1, 0.15) is 30.5 Å². The number of nitrogens with one attached hydrogen (secondary N) is 1. The second-order valence-electron chi connectivity index (χ2n) is 3.66. The third-order valence-corrected chi connectivity index (χ3v) is 2.36. The highest BCUT2D eigenvalue weighted by atomic mass is 16.1. The summed E-state index contributed by atoms with van der Waals surface area (Å²) in [5.41, 5.74) is 4.08. The highest BCUT2D eigenvalue weighted by Gasteiger charge is 2.04. The van der Waals surface area contributed by atoms with Crippen LogP contribution in [0, 0.1) is 6.92 Å². The fraction of sp³-hybridized carbons (Fsp3) is 0.308. The first-order valence-electron chi connectivity index (χ1n) is 5.11. The van der Waals surface area contributed by atoms with Crippen molar-refractivity contribution in [3.63, 3.8) is 0 Å². The van der Waals surface area contributed by atoms with Crippen LogP contribution < -0.4 is 5.32 Å². The Hall–Kier alpha value is -1.57. The Morgan fingerprint density at radius 1 is 1.47 bits per heavy atom. The third-order valence-electron chi connectivity index (χ3n) is 2.36. The van der Waals surface area contributed by atoms with E-state index in [1.165, 1.54) is 12.5 Å². The zero-order chi connectivity index (χ0) is 11.4. The third kappa shape index (κ3) is 2.94. The van der Waals surface area contributed by atoms with E-state index >= 15 is 0 Å². The molecule has 1 aromatic rings. The topological polar surface area (TPSA) is 29.1 Å². The van der Waals surface area contributed by atoms with E-state index in [-0.39, 0.29) is 5.91 Å². The molecule has 2 heteroatoms. The Labute approximate surface area is 91.0 Å². The maximum atomic E-state index is 10.9. The summed E-state index contributed by atoms with van der Waals surface area (Å²) in [6.45, 7) is 9.48. The Balaban J connectivity index is 3.01. The molecule has 0 radical (unpaired) electrons. The summed E-state index contributed by atoms with van der Waals surface area (Å²) in [5.74, 6) is -0.0821. The van der Waals surface area contributed by atoms with Crippen LogP contribution in [0.2, 0.25) is 0 Å². The molecule has 0 saturated heterocycles. The van der Waals surface area contributed by atoms with Gasteiger partial charge in [0.15, 0.2) is 0 Å². The average molecular weight is 203 g/mol. The standard InChI is InChI=1S/C13H17NO/c1-5-12-7-6-9(2)13(8-12)10(3)14-11(4)15/h6-8H,3,5H2,1-2,4H3,(H,14,15). The average Bonchev–Trinajstić information content (AvgIpc) is 2.17. The maximum absolute atomic E-state index is 10.9. The lowest BCUT2D eigenvalue weighted by Gasteiger charge is -2.11. The minimum Gasteiger partial charge on any atom is -0.326 e.